The maximum Gasteiger partial charge on any atom is 0.239 e. The molecule has 0 aliphatic carbocycles. The molecular formula is C14H17FN2O2. The largest absolute Gasteiger partial charge is 0.355 e. The van der Waals surface area contributed by atoms with Gasteiger partial charge in [0.1, 0.15) is 11.9 Å². The minimum Gasteiger partial charge on any atom is -0.355 e. The topological polar surface area (TPSA) is 41.6 Å². The molecule has 102 valence electrons. The molecule has 1 unspecified atom stereocenters. The first-order chi connectivity index (χ1) is 9.20. The molecule has 0 radical (unpaired) electrons. The van der Waals surface area contributed by atoms with Gasteiger partial charge < -0.3 is 5.32 Å². The first-order valence-corrected chi connectivity index (χ1v) is 6.23. The smallest absolute Gasteiger partial charge is 0.239 e. The molecule has 1 atom stereocenters. The van der Waals surface area contributed by atoms with E-state index in [4.69, 9.17) is 4.84 Å². The van der Waals surface area contributed by atoms with Crippen LogP contribution >= 0.6 is 0 Å². The van der Waals surface area contributed by atoms with Crippen LogP contribution < -0.4 is 5.32 Å². The van der Waals surface area contributed by atoms with Crippen molar-refractivity contribution >= 4 is 5.91 Å². The summed E-state index contributed by atoms with van der Waals surface area (Å²) in [4.78, 5) is 17.2. The Kier molecular flexibility index (Phi) is 4.65. The molecule has 0 bridgehead atoms. The average molecular weight is 264 g/mol. The van der Waals surface area contributed by atoms with Gasteiger partial charge in [-0.3, -0.25) is 9.63 Å². The summed E-state index contributed by atoms with van der Waals surface area (Å²) in [6, 6.07) is 5.95. The van der Waals surface area contributed by atoms with Crippen molar-refractivity contribution in [1.82, 2.24) is 10.4 Å². The second kappa shape index (κ2) is 6.45. The number of benzene rings is 1. The number of amides is 1. The van der Waals surface area contributed by atoms with E-state index in [1.807, 2.05) is 0 Å². The van der Waals surface area contributed by atoms with Crippen LogP contribution in [0.25, 0.3) is 0 Å². The predicted molar refractivity (Wildman–Crippen MR) is 69.5 cm³/mol. The molecular weight excluding hydrogens is 247 g/mol. The maximum absolute atomic E-state index is 13.2. The molecule has 1 amide bonds. The van der Waals surface area contributed by atoms with Crippen molar-refractivity contribution < 1.29 is 14.0 Å². The van der Waals surface area contributed by atoms with Gasteiger partial charge in [-0.1, -0.05) is 18.2 Å². The molecule has 2 rings (SSSR count). The summed E-state index contributed by atoms with van der Waals surface area (Å²) in [6.07, 6.45) is 2.30. The maximum atomic E-state index is 13.2. The lowest BCUT2D eigenvalue weighted by Gasteiger charge is -2.25. The molecule has 19 heavy (non-hydrogen) atoms. The van der Waals surface area contributed by atoms with Crippen LogP contribution in [0.15, 0.2) is 36.9 Å². The monoisotopic (exact) mass is 264 g/mol. The molecule has 1 fully saturated rings. The van der Waals surface area contributed by atoms with Crippen molar-refractivity contribution in [1.29, 1.82) is 0 Å². The molecule has 1 aromatic rings. The van der Waals surface area contributed by atoms with E-state index >= 15 is 0 Å². The lowest BCUT2D eigenvalue weighted by atomic mass is 10.2. The van der Waals surface area contributed by atoms with Gasteiger partial charge in [-0.05, 0) is 24.1 Å². The van der Waals surface area contributed by atoms with Crippen LogP contribution in [0, 0.1) is 5.82 Å². The van der Waals surface area contributed by atoms with E-state index in [0.29, 0.717) is 26.1 Å². The highest BCUT2D eigenvalue weighted by Gasteiger charge is 2.31. The van der Waals surface area contributed by atoms with Gasteiger partial charge in [0.25, 0.3) is 0 Å². The van der Waals surface area contributed by atoms with E-state index in [2.05, 4.69) is 11.9 Å². The fourth-order valence-electron chi connectivity index (χ4n) is 2.07. The third-order valence-corrected chi connectivity index (χ3v) is 2.95. The molecule has 1 saturated heterocycles. The zero-order valence-electron chi connectivity index (χ0n) is 10.6. The SMILES string of the molecule is C=CCON(Cc1cccc(F)c1)C1CCNC1=O. The van der Waals surface area contributed by atoms with Crippen LogP contribution in [-0.2, 0) is 16.2 Å². The van der Waals surface area contributed by atoms with Crippen LogP contribution in [0.1, 0.15) is 12.0 Å². The fraction of sp³-hybridized carbons (Fsp3) is 0.357. The Morgan fingerprint density at radius 2 is 2.42 bits per heavy atom. The average Bonchev–Trinajstić information content (AvgIpc) is 2.81. The number of halogens is 1. The summed E-state index contributed by atoms with van der Waals surface area (Å²) in [5.74, 6) is -0.350. The number of rotatable bonds is 6. The first-order valence-electron chi connectivity index (χ1n) is 6.23. The number of hydrogen-bond donors (Lipinski definition) is 1. The van der Waals surface area contributed by atoms with Crippen LogP contribution in [-0.4, -0.2) is 30.2 Å². The van der Waals surface area contributed by atoms with E-state index in [9.17, 15) is 9.18 Å². The number of nitrogens with zero attached hydrogens (tertiary/aromatic N) is 1. The van der Waals surface area contributed by atoms with Gasteiger partial charge in [0.2, 0.25) is 5.91 Å². The van der Waals surface area contributed by atoms with E-state index in [1.165, 1.54) is 12.1 Å². The molecule has 4 nitrogen and oxygen atoms in total. The van der Waals surface area contributed by atoms with Crippen molar-refractivity contribution in [2.45, 2.75) is 19.0 Å². The van der Waals surface area contributed by atoms with Crippen LogP contribution in [0.4, 0.5) is 4.39 Å². The molecule has 5 heteroatoms. The van der Waals surface area contributed by atoms with E-state index in [1.54, 1.807) is 23.3 Å². The molecule has 1 aliphatic heterocycles. The van der Waals surface area contributed by atoms with Crippen molar-refractivity contribution in [2.75, 3.05) is 13.2 Å². The summed E-state index contributed by atoms with van der Waals surface area (Å²) in [5, 5.41) is 4.36. The number of nitrogens with one attached hydrogen (secondary N) is 1. The Labute approximate surface area is 111 Å². The third kappa shape index (κ3) is 3.62. The van der Waals surface area contributed by atoms with Crippen LogP contribution in [0.5, 0.6) is 0 Å². The zero-order valence-corrected chi connectivity index (χ0v) is 10.6. The highest BCUT2D eigenvalue weighted by atomic mass is 19.1. The predicted octanol–water partition coefficient (Wildman–Crippen LogP) is 1.63. The molecule has 0 saturated carbocycles. The second-order valence-corrected chi connectivity index (χ2v) is 4.39. The van der Waals surface area contributed by atoms with E-state index in [0.717, 1.165) is 5.56 Å². The van der Waals surface area contributed by atoms with Gasteiger partial charge in [-0.15, -0.1) is 6.58 Å². The first kappa shape index (κ1) is 13.7. The molecule has 1 aromatic carbocycles. The van der Waals surface area contributed by atoms with Crippen molar-refractivity contribution in [3.63, 3.8) is 0 Å². The summed E-state index contributed by atoms with van der Waals surface area (Å²) < 4.78 is 13.2. The number of carbonyl (C=O) groups excluding carboxylic acids is 1. The van der Waals surface area contributed by atoms with Gasteiger partial charge in [0, 0.05) is 6.54 Å². The van der Waals surface area contributed by atoms with Gasteiger partial charge in [-0.2, -0.15) is 5.06 Å². The Bertz CT molecular complexity index is 465. The zero-order chi connectivity index (χ0) is 13.7. The normalized spacial score (nSPS) is 18.6. The van der Waals surface area contributed by atoms with Crippen molar-refractivity contribution in [3.05, 3.63) is 48.3 Å². The third-order valence-electron chi connectivity index (χ3n) is 2.95. The summed E-state index contributed by atoms with van der Waals surface area (Å²) >= 11 is 0. The standard InChI is InChI=1S/C14H17FN2O2/c1-2-8-19-17(13-6-7-16-14(13)18)10-11-4-3-5-12(15)9-11/h2-5,9,13H,1,6-8,10H2,(H,16,18). The quantitative estimate of drug-likeness (QED) is 0.627. The van der Waals surface area contributed by atoms with E-state index in [-0.39, 0.29) is 17.8 Å². The van der Waals surface area contributed by atoms with Crippen molar-refractivity contribution in [3.8, 4) is 0 Å². The minimum atomic E-state index is -0.330. The molecule has 1 N–H and O–H groups in total. The Morgan fingerprint density at radius 3 is 3.05 bits per heavy atom. The minimum absolute atomic E-state index is 0.0551. The second-order valence-electron chi connectivity index (χ2n) is 4.39. The van der Waals surface area contributed by atoms with Crippen LogP contribution in [0.3, 0.4) is 0 Å². The fourth-order valence-corrected chi connectivity index (χ4v) is 2.07. The van der Waals surface area contributed by atoms with Gasteiger partial charge in [0.15, 0.2) is 0 Å². The molecule has 0 aromatic heterocycles. The number of hydrogen-bond acceptors (Lipinski definition) is 3. The lowest BCUT2D eigenvalue weighted by Crippen LogP contribution is -2.40. The highest BCUT2D eigenvalue weighted by Crippen LogP contribution is 2.15. The summed E-state index contributed by atoms with van der Waals surface area (Å²) in [6.45, 7) is 4.91. The Balaban J connectivity index is 2.08. The van der Waals surface area contributed by atoms with Crippen LogP contribution in [0.2, 0.25) is 0 Å². The van der Waals surface area contributed by atoms with Gasteiger partial charge in [0.05, 0.1) is 13.2 Å². The van der Waals surface area contributed by atoms with E-state index < -0.39 is 0 Å². The van der Waals surface area contributed by atoms with Crippen molar-refractivity contribution in [2.24, 2.45) is 0 Å². The Hall–Kier alpha value is -1.72. The highest BCUT2D eigenvalue weighted by molar-refractivity contribution is 5.83. The summed E-state index contributed by atoms with van der Waals surface area (Å²) in [5.41, 5.74) is 0.767. The Morgan fingerprint density at radius 1 is 1.58 bits per heavy atom. The lowest BCUT2D eigenvalue weighted by molar-refractivity contribution is -0.186. The van der Waals surface area contributed by atoms with Gasteiger partial charge in [-0.25, -0.2) is 4.39 Å². The summed E-state index contributed by atoms with van der Waals surface area (Å²) in [7, 11) is 0. The number of hydroxylamine groups is 2. The molecule has 1 aliphatic rings. The molecule has 0 spiro atoms. The molecule has 1 heterocycles. The number of carbonyl (C=O) groups is 1. The van der Waals surface area contributed by atoms with Gasteiger partial charge >= 0.3 is 0 Å².